The Labute approximate surface area is 101 Å². The molecule has 1 aromatic rings. The van der Waals surface area contributed by atoms with Crippen LogP contribution < -0.4 is 4.74 Å². The minimum absolute atomic E-state index is 0.0897. The van der Waals surface area contributed by atoms with Gasteiger partial charge in [-0.25, -0.2) is 0 Å². The zero-order chi connectivity index (χ0) is 12.0. The molecule has 0 unspecified atom stereocenters. The van der Waals surface area contributed by atoms with Gasteiger partial charge in [-0.3, -0.25) is 0 Å². The Morgan fingerprint density at radius 2 is 1.75 bits per heavy atom. The topological polar surface area (TPSA) is 49.7 Å². The largest absolute Gasteiger partial charge is 0.493 e. The van der Waals surface area contributed by atoms with Crippen molar-refractivity contribution in [3.63, 3.8) is 0 Å². The van der Waals surface area contributed by atoms with Crippen molar-refractivity contribution in [3.05, 3.63) is 29.3 Å². The van der Waals surface area contributed by atoms with Gasteiger partial charge in [0.25, 0.3) is 0 Å². The van der Waals surface area contributed by atoms with E-state index in [2.05, 4.69) is 0 Å². The number of halogens is 1. The molecule has 0 amide bonds. The maximum absolute atomic E-state index is 9.24. The molecule has 0 saturated carbocycles. The summed E-state index contributed by atoms with van der Waals surface area (Å²) >= 11 is 5.75. The van der Waals surface area contributed by atoms with Crippen LogP contribution >= 0.6 is 11.6 Å². The fraction of sp³-hybridized carbons (Fsp3) is 0.500. The SMILES string of the molecule is CCC(CO)(CO)COc1ccc(Cl)cc1. The number of benzene rings is 1. The number of aliphatic hydroxyl groups excluding tert-OH is 2. The maximum atomic E-state index is 9.24. The fourth-order valence-electron chi connectivity index (χ4n) is 1.23. The first kappa shape index (κ1) is 13.3. The first-order valence-electron chi connectivity index (χ1n) is 5.26. The standard InChI is InChI=1S/C12H17ClO3/c1-2-12(7-14,8-15)9-16-11-5-3-10(13)4-6-11/h3-6,14-15H,2,7-9H2,1H3. The molecule has 0 bridgehead atoms. The van der Waals surface area contributed by atoms with E-state index in [-0.39, 0.29) is 19.8 Å². The number of rotatable bonds is 6. The molecular weight excluding hydrogens is 228 g/mol. The highest BCUT2D eigenvalue weighted by Gasteiger charge is 2.27. The van der Waals surface area contributed by atoms with Crippen LogP contribution in [0.2, 0.25) is 5.02 Å². The van der Waals surface area contributed by atoms with Crippen molar-refractivity contribution in [2.75, 3.05) is 19.8 Å². The van der Waals surface area contributed by atoms with Gasteiger partial charge >= 0.3 is 0 Å². The van der Waals surface area contributed by atoms with Crippen LogP contribution in [0.15, 0.2) is 24.3 Å². The van der Waals surface area contributed by atoms with Crippen LogP contribution in [-0.2, 0) is 0 Å². The summed E-state index contributed by atoms with van der Waals surface area (Å²) in [5, 5.41) is 19.1. The Morgan fingerprint density at radius 3 is 2.19 bits per heavy atom. The summed E-state index contributed by atoms with van der Waals surface area (Å²) in [5.41, 5.74) is -0.570. The van der Waals surface area contributed by atoms with Gasteiger partial charge in [0.05, 0.1) is 25.2 Å². The molecule has 0 aromatic heterocycles. The third kappa shape index (κ3) is 3.37. The molecule has 1 rings (SSSR count). The second-order valence-corrected chi connectivity index (χ2v) is 4.35. The van der Waals surface area contributed by atoms with Crippen molar-refractivity contribution >= 4 is 11.6 Å². The van der Waals surface area contributed by atoms with Gasteiger partial charge in [-0.2, -0.15) is 0 Å². The molecule has 3 nitrogen and oxygen atoms in total. The minimum Gasteiger partial charge on any atom is -0.493 e. The highest BCUT2D eigenvalue weighted by atomic mass is 35.5. The molecule has 0 radical (unpaired) electrons. The fourth-order valence-corrected chi connectivity index (χ4v) is 1.36. The van der Waals surface area contributed by atoms with Crippen LogP contribution in [0.3, 0.4) is 0 Å². The summed E-state index contributed by atoms with van der Waals surface area (Å²) in [4.78, 5) is 0. The Bertz CT molecular complexity index is 298. The number of hydrogen-bond acceptors (Lipinski definition) is 3. The number of ether oxygens (including phenoxy) is 1. The van der Waals surface area contributed by atoms with Crippen LogP contribution in [0.4, 0.5) is 0 Å². The lowest BCUT2D eigenvalue weighted by Crippen LogP contribution is -2.35. The summed E-state index contributed by atoms with van der Waals surface area (Å²) in [6.45, 7) is 2.02. The van der Waals surface area contributed by atoms with Gasteiger partial charge in [0.15, 0.2) is 0 Å². The molecular formula is C12H17ClO3. The van der Waals surface area contributed by atoms with Crippen LogP contribution in [0.5, 0.6) is 5.75 Å². The summed E-state index contributed by atoms with van der Waals surface area (Å²) in [6.07, 6.45) is 0.660. The molecule has 1 aromatic carbocycles. The molecule has 0 heterocycles. The van der Waals surface area contributed by atoms with Crippen LogP contribution in [0.25, 0.3) is 0 Å². The van der Waals surface area contributed by atoms with E-state index in [1.807, 2.05) is 6.92 Å². The monoisotopic (exact) mass is 244 g/mol. The first-order valence-corrected chi connectivity index (χ1v) is 5.63. The molecule has 0 aliphatic heterocycles. The van der Waals surface area contributed by atoms with Crippen molar-refractivity contribution < 1.29 is 14.9 Å². The summed E-state index contributed by atoms with van der Waals surface area (Å²) in [7, 11) is 0. The van der Waals surface area contributed by atoms with Gasteiger partial charge < -0.3 is 14.9 Å². The molecule has 0 aliphatic carbocycles. The van der Waals surface area contributed by atoms with Crippen molar-refractivity contribution in [1.82, 2.24) is 0 Å². The lowest BCUT2D eigenvalue weighted by molar-refractivity contribution is 0.0114. The van der Waals surface area contributed by atoms with Gasteiger partial charge in [-0.15, -0.1) is 0 Å². The average Bonchev–Trinajstić information content (AvgIpc) is 2.34. The smallest absolute Gasteiger partial charge is 0.119 e. The van der Waals surface area contributed by atoms with E-state index >= 15 is 0 Å². The predicted molar refractivity (Wildman–Crippen MR) is 63.8 cm³/mol. The Balaban J connectivity index is 2.58. The van der Waals surface area contributed by atoms with Gasteiger partial charge in [0.2, 0.25) is 0 Å². The van der Waals surface area contributed by atoms with Gasteiger partial charge in [-0.1, -0.05) is 18.5 Å². The molecule has 0 fully saturated rings. The number of hydrogen-bond donors (Lipinski definition) is 2. The Morgan fingerprint density at radius 1 is 1.19 bits per heavy atom. The molecule has 0 saturated heterocycles. The van der Waals surface area contributed by atoms with Crippen molar-refractivity contribution in [2.45, 2.75) is 13.3 Å². The second-order valence-electron chi connectivity index (χ2n) is 3.91. The van der Waals surface area contributed by atoms with E-state index in [4.69, 9.17) is 16.3 Å². The van der Waals surface area contributed by atoms with Crippen LogP contribution in [-0.4, -0.2) is 30.0 Å². The maximum Gasteiger partial charge on any atom is 0.119 e. The summed E-state index contributed by atoms with van der Waals surface area (Å²) in [5.74, 6) is 0.684. The van der Waals surface area contributed by atoms with Gasteiger partial charge in [-0.05, 0) is 30.7 Å². The minimum atomic E-state index is -0.570. The Hall–Kier alpha value is -0.770. The van der Waals surface area contributed by atoms with Crippen molar-refractivity contribution in [2.24, 2.45) is 5.41 Å². The van der Waals surface area contributed by atoms with Crippen molar-refractivity contribution in [3.8, 4) is 5.75 Å². The van der Waals surface area contributed by atoms with E-state index in [9.17, 15) is 10.2 Å². The quantitative estimate of drug-likeness (QED) is 0.806. The van der Waals surface area contributed by atoms with Gasteiger partial charge in [0.1, 0.15) is 5.75 Å². The highest BCUT2D eigenvalue weighted by molar-refractivity contribution is 6.30. The van der Waals surface area contributed by atoms with E-state index in [1.54, 1.807) is 24.3 Å². The van der Waals surface area contributed by atoms with E-state index in [1.165, 1.54) is 0 Å². The average molecular weight is 245 g/mol. The molecule has 2 N–H and O–H groups in total. The summed E-state index contributed by atoms with van der Waals surface area (Å²) in [6, 6.07) is 7.00. The predicted octanol–water partition coefficient (Wildman–Crippen LogP) is 2.10. The highest BCUT2D eigenvalue weighted by Crippen LogP contribution is 2.23. The first-order chi connectivity index (χ1) is 7.65. The molecule has 90 valence electrons. The lowest BCUT2D eigenvalue weighted by atomic mass is 9.88. The normalized spacial score (nSPS) is 11.5. The van der Waals surface area contributed by atoms with Gasteiger partial charge in [0, 0.05) is 5.02 Å². The summed E-state index contributed by atoms with van der Waals surface area (Å²) < 4.78 is 5.52. The zero-order valence-electron chi connectivity index (χ0n) is 9.32. The third-order valence-corrected chi connectivity index (χ3v) is 3.03. The zero-order valence-corrected chi connectivity index (χ0v) is 10.1. The second kappa shape index (κ2) is 6.09. The van der Waals surface area contributed by atoms with E-state index in [0.717, 1.165) is 0 Å². The van der Waals surface area contributed by atoms with Crippen LogP contribution in [0.1, 0.15) is 13.3 Å². The van der Waals surface area contributed by atoms with Crippen LogP contribution in [0, 0.1) is 5.41 Å². The molecule has 0 atom stereocenters. The third-order valence-electron chi connectivity index (χ3n) is 2.78. The van der Waals surface area contributed by atoms with Crippen molar-refractivity contribution in [1.29, 1.82) is 0 Å². The van der Waals surface area contributed by atoms with E-state index < -0.39 is 5.41 Å². The number of aliphatic hydroxyl groups is 2. The lowest BCUT2D eigenvalue weighted by Gasteiger charge is -2.28. The molecule has 4 heteroatoms. The Kier molecular flexibility index (Phi) is 5.06. The van der Waals surface area contributed by atoms with E-state index in [0.29, 0.717) is 17.2 Å². The molecule has 0 aliphatic rings. The molecule has 16 heavy (non-hydrogen) atoms. The molecule has 0 spiro atoms.